The van der Waals surface area contributed by atoms with Crippen LogP contribution in [-0.4, -0.2) is 42.6 Å². The molecule has 2 amide bonds. The maximum atomic E-state index is 11.4. The minimum Gasteiger partial charge on any atom is -0.480 e. The number of ether oxygens (including phenoxy) is 1. The molecule has 92 valence electrons. The van der Waals surface area contributed by atoms with E-state index in [1.54, 1.807) is 0 Å². The number of carboxylic acids is 1. The second-order valence-corrected chi connectivity index (χ2v) is 3.70. The normalized spacial score (nSPS) is 10.9. The lowest BCUT2D eigenvalue weighted by atomic mass is 9.93. The molecule has 0 aliphatic rings. The average Bonchev–Trinajstić information content (AvgIpc) is 2.16. The highest BCUT2D eigenvalue weighted by Gasteiger charge is 2.35. The third-order valence-electron chi connectivity index (χ3n) is 1.88. The smallest absolute Gasteiger partial charge is 0.318 e. The first-order chi connectivity index (χ1) is 7.28. The molecule has 0 bridgehead atoms. The van der Waals surface area contributed by atoms with Crippen molar-refractivity contribution in [1.29, 1.82) is 0 Å². The van der Waals surface area contributed by atoms with Crippen molar-refractivity contribution in [3.63, 3.8) is 0 Å². The van der Waals surface area contributed by atoms with Gasteiger partial charge < -0.3 is 20.9 Å². The van der Waals surface area contributed by atoms with Crippen molar-refractivity contribution < 1.29 is 24.2 Å². The number of amides is 2. The van der Waals surface area contributed by atoms with Gasteiger partial charge in [0.2, 0.25) is 11.8 Å². The van der Waals surface area contributed by atoms with Crippen LogP contribution in [0.4, 0.5) is 0 Å². The quantitative estimate of drug-likeness (QED) is 0.373. The Labute approximate surface area is 92.9 Å². The summed E-state index contributed by atoms with van der Waals surface area (Å²) < 4.78 is 4.78. The first kappa shape index (κ1) is 14.4. The average molecular weight is 232 g/mol. The summed E-state index contributed by atoms with van der Waals surface area (Å²) in [5.74, 6) is -2.41. The molecule has 0 aromatic carbocycles. The highest BCUT2D eigenvalue weighted by molar-refractivity contribution is 6.00. The zero-order valence-corrected chi connectivity index (χ0v) is 9.28. The first-order valence-electron chi connectivity index (χ1n) is 4.66. The molecule has 0 unspecified atom stereocenters. The van der Waals surface area contributed by atoms with Gasteiger partial charge in [-0.25, -0.2) is 0 Å². The first-order valence-corrected chi connectivity index (χ1v) is 4.66. The monoisotopic (exact) mass is 232 g/mol. The molecule has 0 aromatic rings. The Morgan fingerprint density at radius 2 is 1.94 bits per heavy atom. The van der Waals surface area contributed by atoms with Gasteiger partial charge in [-0.1, -0.05) is 0 Å². The lowest BCUT2D eigenvalue weighted by molar-refractivity contribution is -0.153. The number of hydrogen-bond acceptors (Lipinski definition) is 4. The van der Waals surface area contributed by atoms with Crippen LogP contribution in [0.2, 0.25) is 0 Å². The van der Waals surface area contributed by atoms with Gasteiger partial charge in [0.15, 0.2) is 0 Å². The highest BCUT2D eigenvalue weighted by atomic mass is 16.5. The predicted molar refractivity (Wildman–Crippen MR) is 54.4 cm³/mol. The SMILES string of the molecule is CC(C)(C(=O)O)C(=O)NCCOCC(N)=O. The number of rotatable bonds is 7. The van der Waals surface area contributed by atoms with Crippen molar-refractivity contribution in [3.05, 3.63) is 0 Å². The van der Waals surface area contributed by atoms with Crippen LogP contribution in [0.15, 0.2) is 0 Å². The van der Waals surface area contributed by atoms with E-state index in [1.807, 2.05) is 0 Å². The van der Waals surface area contributed by atoms with Gasteiger partial charge >= 0.3 is 5.97 Å². The number of hydrogen-bond donors (Lipinski definition) is 3. The van der Waals surface area contributed by atoms with E-state index in [0.29, 0.717) is 0 Å². The number of primary amides is 1. The Hall–Kier alpha value is -1.63. The fourth-order valence-electron chi connectivity index (χ4n) is 0.728. The molecule has 7 heteroatoms. The van der Waals surface area contributed by atoms with E-state index in [4.69, 9.17) is 15.6 Å². The van der Waals surface area contributed by atoms with E-state index in [2.05, 4.69) is 5.32 Å². The van der Waals surface area contributed by atoms with Crippen LogP contribution in [0.1, 0.15) is 13.8 Å². The maximum Gasteiger partial charge on any atom is 0.318 e. The molecule has 0 spiro atoms. The van der Waals surface area contributed by atoms with E-state index in [0.717, 1.165) is 0 Å². The summed E-state index contributed by atoms with van der Waals surface area (Å²) in [6.45, 7) is 2.61. The van der Waals surface area contributed by atoms with Crippen LogP contribution >= 0.6 is 0 Å². The molecular weight excluding hydrogens is 216 g/mol. The summed E-state index contributed by atoms with van der Waals surface area (Å²) in [6, 6.07) is 0. The molecule has 0 fully saturated rings. The van der Waals surface area contributed by atoms with Crippen molar-refractivity contribution in [2.45, 2.75) is 13.8 Å². The largest absolute Gasteiger partial charge is 0.480 e. The van der Waals surface area contributed by atoms with Crippen molar-refractivity contribution in [1.82, 2.24) is 5.32 Å². The van der Waals surface area contributed by atoms with Crippen LogP contribution < -0.4 is 11.1 Å². The molecule has 0 saturated heterocycles. The Morgan fingerprint density at radius 1 is 1.38 bits per heavy atom. The summed E-state index contributed by atoms with van der Waals surface area (Å²) in [6.07, 6.45) is 0. The lowest BCUT2D eigenvalue weighted by Crippen LogP contribution is -2.43. The summed E-state index contributed by atoms with van der Waals surface area (Å²) >= 11 is 0. The molecule has 0 heterocycles. The molecule has 16 heavy (non-hydrogen) atoms. The fraction of sp³-hybridized carbons (Fsp3) is 0.667. The van der Waals surface area contributed by atoms with Crippen molar-refractivity contribution in [3.8, 4) is 0 Å². The van der Waals surface area contributed by atoms with Gasteiger partial charge in [0.25, 0.3) is 0 Å². The van der Waals surface area contributed by atoms with Crippen molar-refractivity contribution in [2.75, 3.05) is 19.8 Å². The molecule has 4 N–H and O–H groups in total. The third-order valence-corrected chi connectivity index (χ3v) is 1.88. The summed E-state index contributed by atoms with van der Waals surface area (Å²) in [4.78, 5) is 32.3. The number of carboxylic acid groups (broad SMARTS) is 1. The van der Waals surface area contributed by atoms with Gasteiger partial charge in [-0.3, -0.25) is 14.4 Å². The zero-order chi connectivity index (χ0) is 12.8. The van der Waals surface area contributed by atoms with Crippen LogP contribution in [-0.2, 0) is 19.1 Å². The minimum atomic E-state index is -1.48. The number of carbonyl (C=O) groups is 3. The molecule has 7 nitrogen and oxygen atoms in total. The second-order valence-electron chi connectivity index (χ2n) is 3.70. The van der Waals surface area contributed by atoms with Crippen LogP contribution in [0.5, 0.6) is 0 Å². The Morgan fingerprint density at radius 3 is 2.38 bits per heavy atom. The van der Waals surface area contributed by atoms with E-state index >= 15 is 0 Å². The van der Waals surface area contributed by atoms with E-state index in [9.17, 15) is 14.4 Å². The van der Waals surface area contributed by atoms with E-state index in [1.165, 1.54) is 13.8 Å². The van der Waals surface area contributed by atoms with E-state index < -0.39 is 23.2 Å². The van der Waals surface area contributed by atoms with E-state index in [-0.39, 0.29) is 19.8 Å². The Balaban J connectivity index is 3.82. The highest BCUT2D eigenvalue weighted by Crippen LogP contribution is 2.14. The predicted octanol–water partition coefficient (Wildman–Crippen LogP) is -1.28. The Bertz CT molecular complexity index is 288. The van der Waals surface area contributed by atoms with Gasteiger partial charge in [0, 0.05) is 6.54 Å². The zero-order valence-electron chi connectivity index (χ0n) is 9.28. The standard InChI is InChI=1S/C9H16N2O5/c1-9(2,8(14)15)7(13)11-3-4-16-5-6(10)12/h3-5H2,1-2H3,(H2,10,12)(H,11,13)(H,14,15). The molecule has 0 rings (SSSR count). The van der Waals surface area contributed by atoms with Crippen molar-refractivity contribution in [2.24, 2.45) is 11.1 Å². The molecule has 0 atom stereocenters. The fourth-order valence-corrected chi connectivity index (χ4v) is 0.728. The van der Waals surface area contributed by atoms with Gasteiger partial charge in [-0.2, -0.15) is 0 Å². The third kappa shape index (κ3) is 4.74. The van der Waals surface area contributed by atoms with Gasteiger partial charge in [-0.15, -0.1) is 0 Å². The summed E-state index contributed by atoms with van der Waals surface area (Å²) in [7, 11) is 0. The maximum absolute atomic E-state index is 11.4. The number of nitrogens with one attached hydrogen (secondary N) is 1. The second kappa shape index (κ2) is 6.06. The van der Waals surface area contributed by atoms with Gasteiger partial charge in [-0.05, 0) is 13.8 Å². The van der Waals surface area contributed by atoms with Gasteiger partial charge in [0.1, 0.15) is 12.0 Å². The lowest BCUT2D eigenvalue weighted by Gasteiger charge is -2.18. The molecular formula is C9H16N2O5. The molecule has 0 radical (unpaired) electrons. The van der Waals surface area contributed by atoms with Crippen LogP contribution in [0.25, 0.3) is 0 Å². The topological polar surface area (TPSA) is 119 Å². The molecule has 0 aromatic heterocycles. The van der Waals surface area contributed by atoms with Crippen LogP contribution in [0.3, 0.4) is 0 Å². The summed E-state index contributed by atoms with van der Waals surface area (Å²) in [5.41, 5.74) is 3.33. The van der Waals surface area contributed by atoms with Crippen molar-refractivity contribution >= 4 is 17.8 Å². The summed E-state index contributed by atoms with van der Waals surface area (Å²) in [5, 5.41) is 11.1. The number of nitrogens with two attached hydrogens (primary N) is 1. The number of carbonyl (C=O) groups excluding carboxylic acids is 2. The Kier molecular flexibility index (Phi) is 5.44. The van der Waals surface area contributed by atoms with Crippen LogP contribution in [0, 0.1) is 5.41 Å². The molecule has 0 aliphatic heterocycles. The molecule has 0 aliphatic carbocycles. The number of aliphatic carboxylic acids is 1. The van der Waals surface area contributed by atoms with Gasteiger partial charge in [0.05, 0.1) is 6.61 Å². The minimum absolute atomic E-state index is 0.102. The molecule has 0 saturated carbocycles.